The fourth-order valence-corrected chi connectivity index (χ4v) is 3.60. The largest absolute Gasteiger partial charge is 0.484 e. The Morgan fingerprint density at radius 1 is 1.12 bits per heavy atom. The molecule has 3 aromatic rings. The first kappa shape index (κ1) is 18.1. The highest BCUT2D eigenvalue weighted by molar-refractivity contribution is 7.10. The molecule has 0 fully saturated rings. The van der Waals surface area contributed by atoms with Gasteiger partial charge in [0.1, 0.15) is 11.6 Å². The molecule has 1 unspecified atom stereocenters. The van der Waals surface area contributed by atoms with Crippen LogP contribution in [0.1, 0.15) is 27.6 Å². The lowest BCUT2D eigenvalue weighted by Gasteiger charge is -2.18. The van der Waals surface area contributed by atoms with E-state index in [9.17, 15) is 9.18 Å². The smallest absolute Gasteiger partial charge is 0.258 e. The monoisotopic (exact) mass is 369 g/mol. The van der Waals surface area contributed by atoms with Crippen LogP contribution < -0.4 is 10.1 Å². The summed E-state index contributed by atoms with van der Waals surface area (Å²) >= 11 is 1.54. The SMILES string of the molecule is Cc1cc(C)cc(OCC(=O)NC(c2ccc(F)cc2)c2cccs2)c1. The summed E-state index contributed by atoms with van der Waals surface area (Å²) in [5, 5.41) is 4.93. The lowest BCUT2D eigenvalue weighted by molar-refractivity contribution is -0.123. The Kier molecular flexibility index (Phi) is 5.68. The van der Waals surface area contributed by atoms with Gasteiger partial charge in [0.05, 0.1) is 6.04 Å². The van der Waals surface area contributed by atoms with Crippen molar-refractivity contribution in [1.29, 1.82) is 0 Å². The highest BCUT2D eigenvalue weighted by atomic mass is 32.1. The van der Waals surface area contributed by atoms with Crippen molar-refractivity contribution in [2.75, 3.05) is 6.61 Å². The molecular formula is C21H20FNO2S. The van der Waals surface area contributed by atoms with Crippen LogP contribution in [-0.2, 0) is 4.79 Å². The Labute approximate surface area is 156 Å². The van der Waals surface area contributed by atoms with Gasteiger partial charge >= 0.3 is 0 Å². The summed E-state index contributed by atoms with van der Waals surface area (Å²) in [6.45, 7) is 3.90. The lowest BCUT2D eigenvalue weighted by atomic mass is 10.1. The number of hydrogen-bond acceptors (Lipinski definition) is 3. The zero-order valence-electron chi connectivity index (χ0n) is 14.7. The Morgan fingerprint density at radius 2 is 1.81 bits per heavy atom. The highest BCUT2D eigenvalue weighted by Crippen LogP contribution is 2.26. The van der Waals surface area contributed by atoms with Gasteiger partial charge in [-0.1, -0.05) is 24.3 Å². The van der Waals surface area contributed by atoms with Crippen molar-refractivity contribution >= 4 is 17.2 Å². The van der Waals surface area contributed by atoms with Crippen molar-refractivity contribution in [1.82, 2.24) is 5.32 Å². The average molecular weight is 369 g/mol. The molecule has 5 heteroatoms. The fraction of sp³-hybridized carbons (Fsp3) is 0.190. The van der Waals surface area contributed by atoms with Crippen LogP contribution in [0.25, 0.3) is 0 Å². The van der Waals surface area contributed by atoms with Crippen LogP contribution in [0, 0.1) is 19.7 Å². The van der Waals surface area contributed by atoms with Crippen molar-refractivity contribution in [3.63, 3.8) is 0 Å². The molecule has 0 saturated heterocycles. The average Bonchev–Trinajstić information content (AvgIpc) is 3.12. The molecule has 3 nitrogen and oxygen atoms in total. The molecule has 0 aliphatic rings. The Hall–Kier alpha value is -2.66. The molecule has 134 valence electrons. The minimum atomic E-state index is -0.328. The summed E-state index contributed by atoms with van der Waals surface area (Å²) in [7, 11) is 0. The van der Waals surface area contributed by atoms with Gasteiger partial charge in [-0.15, -0.1) is 11.3 Å². The van der Waals surface area contributed by atoms with Crippen molar-refractivity contribution in [3.8, 4) is 5.75 Å². The number of carbonyl (C=O) groups is 1. The van der Waals surface area contributed by atoms with Crippen LogP contribution in [0.2, 0.25) is 0 Å². The molecule has 0 spiro atoms. The summed E-state index contributed by atoms with van der Waals surface area (Å²) in [5.74, 6) is 0.141. The van der Waals surface area contributed by atoms with Gasteiger partial charge in [-0.2, -0.15) is 0 Å². The Bertz CT molecular complexity index is 855. The summed E-state index contributed by atoms with van der Waals surface area (Å²) in [4.78, 5) is 13.4. The zero-order valence-corrected chi connectivity index (χ0v) is 15.5. The quantitative estimate of drug-likeness (QED) is 0.678. The third-order valence-corrected chi connectivity index (χ3v) is 4.84. The van der Waals surface area contributed by atoms with Gasteiger partial charge in [0, 0.05) is 4.88 Å². The van der Waals surface area contributed by atoms with Gasteiger partial charge < -0.3 is 10.1 Å². The molecule has 0 radical (unpaired) electrons. The van der Waals surface area contributed by atoms with E-state index in [1.54, 1.807) is 23.5 Å². The van der Waals surface area contributed by atoms with E-state index in [4.69, 9.17) is 4.74 Å². The first-order valence-corrected chi connectivity index (χ1v) is 9.18. The highest BCUT2D eigenvalue weighted by Gasteiger charge is 2.18. The minimum Gasteiger partial charge on any atom is -0.484 e. The number of benzene rings is 2. The minimum absolute atomic E-state index is 0.0774. The van der Waals surface area contributed by atoms with Crippen LogP contribution in [0.5, 0.6) is 5.75 Å². The number of rotatable bonds is 6. The molecule has 1 aromatic heterocycles. The van der Waals surface area contributed by atoms with E-state index in [0.717, 1.165) is 21.6 Å². The number of thiophene rings is 1. The molecule has 0 saturated carbocycles. The standard InChI is InChI=1S/C21H20FNO2S/c1-14-10-15(2)12-18(11-14)25-13-20(24)23-21(19-4-3-9-26-19)16-5-7-17(22)8-6-16/h3-12,21H,13H2,1-2H3,(H,23,24). The van der Waals surface area contributed by atoms with Crippen LogP contribution >= 0.6 is 11.3 Å². The van der Waals surface area contributed by atoms with E-state index < -0.39 is 0 Å². The van der Waals surface area contributed by atoms with Gasteiger partial charge in [-0.05, 0) is 66.2 Å². The van der Waals surface area contributed by atoms with E-state index >= 15 is 0 Å². The van der Waals surface area contributed by atoms with E-state index in [1.165, 1.54) is 12.1 Å². The molecule has 1 N–H and O–H groups in total. The summed E-state index contributed by atoms with van der Waals surface area (Å²) < 4.78 is 18.9. The molecule has 26 heavy (non-hydrogen) atoms. The van der Waals surface area contributed by atoms with Gasteiger partial charge in [-0.3, -0.25) is 4.79 Å². The maximum Gasteiger partial charge on any atom is 0.258 e. The molecule has 0 aliphatic carbocycles. The molecular weight excluding hydrogens is 349 g/mol. The number of aryl methyl sites for hydroxylation is 2. The van der Waals surface area contributed by atoms with E-state index in [0.29, 0.717) is 5.75 Å². The number of ether oxygens (including phenoxy) is 1. The molecule has 1 atom stereocenters. The number of hydrogen-bond donors (Lipinski definition) is 1. The molecule has 3 rings (SSSR count). The molecule has 2 aromatic carbocycles. The zero-order chi connectivity index (χ0) is 18.5. The molecule has 1 heterocycles. The number of halogens is 1. The number of nitrogens with one attached hydrogen (secondary N) is 1. The fourth-order valence-electron chi connectivity index (χ4n) is 2.80. The molecule has 0 bridgehead atoms. The maximum atomic E-state index is 13.2. The number of carbonyl (C=O) groups excluding carboxylic acids is 1. The summed E-state index contributed by atoms with van der Waals surface area (Å²) in [6.07, 6.45) is 0. The van der Waals surface area contributed by atoms with Crippen LogP contribution in [0.15, 0.2) is 60.0 Å². The normalized spacial score (nSPS) is 11.8. The van der Waals surface area contributed by atoms with Gasteiger partial charge in [0.15, 0.2) is 6.61 Å². The molecule has 0 aliphatic heterocycles. The van der Waals surface area contributed by atoms with E-state index in [2.05, 4.69) is 5.32 Å². The van der Waals surface area contributed by atoms with E-state index in [1.807, 2.05) is 49.6 Å². The van der Waals surface area contributed by atoms with Crippen LogP contribution in [0.3, 0.4) is 0 Å². The van der Waals surface area contributed by atoms with Crippen molar-refractivity contribution in [2.24, 2.45) is 0 Å². The molecule has 1 amide bonds. The predicted octanol–water partition coefficient (Wildman–Crippen LogP) is 4.79. The second-order valence-electron chi connectivity index (χ2n) is 6.18. The second kappa shape index (κ2) is 8.15. The van der Waals surface area contributed by atoms with E-state index in [-0.39, 0.29) is 24.4 Å². The third-order valence-electron chi connectivity index (χ3n) is 3.90. The van der Waals surface area contributed by atoms with Gasteiger partial charge in [0.25, 0.3) is 5.91 Å². The van der Waals surface area contributed by atoms with Crippen molar-refractivity contribution in [3.05, 3.63) is 87.4 Å². The predicted molar refractivity (Wildman–Crippen MR) is 102 cm³/mol. The maximum absolute atomic E-state index is 13.2. The topological polar surface area (TPSA) is 38.3 Å². The van der Waals surface area contributed by atoms with Gasteiger partial charge in [0.2, 0.25) is 0 Å². The van der Waals surface area contributed by atoms with Crippen LogP contribution in [-0.4, -0.2) is 12.5 Å². The van der Waals surface area contributed by atoms with Crippen molar-refractivity contribution in [2.45, 2.75) is 19.9 Å². The summed E-state index contributed by atoms with van der Waals surface area (Å²) in [6, 6.07) is 15.6. The van der Waals surface area contributed by atoms with Gasteiger partial charge in [-0.25, -0.2) is 4.39 Å². The third kappa shape index (κ3) is 4.70. The lowest BCUT2D eigenvalue weighted by Crippen LogP contribution is -2.32. The first-order chi connectivity index (χ1) is 12.5. The second-order valence-corrected chi connectivity index (χ2v) is 7.16. The summed E-state index contributed by atoms with van der Waals surface area (Å²) in [5.41, 5.74) is 3.00. The first-order valence-electron chi connectivity index (χ1n) is 8.30. The number of amides is 1. The van der Waals surface area contributed by atoms with Crippen molar-refractivity contribution < 1.29 is 13.9 Å². The Balaban J connectivity index is 1.70. The van der Waals surface area contributed by atoms with Crippen LogP contribution in [0.4, 0.5) is 4.39 Å². The Morgan fingerprint density at radius 3 is 2.42 bits per heavy atom.